The topological polar surface area (TPSA) is 158 Å². The van der Waals surface area contributed by atoms with Crippen molar-refractivity contribution in [3.05, 3.63) is 77.4 Å². The minimum atomic E-state index is -3.65. The number of hydrogen-bond donors (Lipinski definition) is 3. The van der Waals surface area contributed by atoms with E-state index in [2.05, 4.69) is 16.0 Å². The molecule has 0 aliphatic rings. The molecular weight excluding hydrogens is 650 g/mol. The number of ether oxygens (including phenoxy) is 4. The van der Waals surface area contributed by atoms with Crippen LogP contribution in [0.3, 0.4) is 0 Å². The molecule has 1 unspecified atom stereocenters. The smallest absolute Gasteiger partial charge is 0.407 e. The van der Waals surface area contributed by atoms with E-state index >= 15 is 0 Å². The van der Waals surface area contributed by atoms with E-state index < -0.39 is 33.5 Å². The first-order valence-electron chi connectivity index (χ1n) is 16.1. The lowest BCUT2D eigenvalue weighted by atomic mass is 10.1. The molecule has 0 spiro atoms. The van der Waals surface area contributed by atoms with E-state index in [9.17, 15) is 22.8 Å². The number of sulfone groups is 1. The molecule has 49 heavy (non-hydrogen) atoms. The molecule has 0 saturated carbocycles. The van der Waals surface area contributed by atoms with E-state index in [4.69, 9.17) is 18.9 Å². The summed E-state index contributed by atoms with van der Waals surface area (Å²) in [4.78, 5) is 37.7. The molecule has 0 aliphatic heterocycles. The summed E-state index contributed by atoms with van der Waals surface area (Å²) in [6.07, 6.45) is -1.86. The molecule has 0 aromatic heterocycles. The third-order valence-corrected chi connectivity index (χ3v) is 8.56. The van der Waals surface area contributed by atoms with Gasteiger partial charge in [-0.3, -0.25) is 9.59 Å². The first kappa shape index (κ1) is 38.7. The maximum absolute atomic E-state index is 13.9. The Labute approximate surface area is 288 Å². The predicted octanol–water partition coefficient (Wildman–Crippen LogP) is 6.09. The molecule has 3 N–H and O–H groups in total. The van der Waals surface area contributed by atoms with Gasteiger partial charge in [0.2, 0.25) is 12.0 Å². The highest BCUT2D eigenvalue weighted by molar-refractivity contribution is 7.91. The van der Waals surface area contributed by atoms with Gasteiger partial charge in [-0.25, -0.2) is 13.2 Å². The Morgan fingerprint density at radius 2 is 1.53 bits per heavy atom. The van der Waals surface area contributed by atoms with Crippen LogP contribution in [0.1, 0.15) is 78.2 Å². The first-order valence-corrected chi connectivity index (χ1v) is 17.7. The van der Waals surface area contributed by atoms with E-state index in [0.717, 1.165) is 5.56 Å². The maximum Gasteiger partial charge on any atom is 0.407 e. The van der Waals surface area contributed by atoms with Crippen LogP contribution in [-0.2, 0) is 37.3 Å². The molecule has 1 atom stereocenters. The molecule has 0 saturated heterocycles. The van der Waals surface area contributed by atoms with Gasteiger partial charge < -0.3 is 34.9 Å². The second kappa shape index (κ2) is 17.0. The quantitative estimate of drug-likeness (QED) is 0.171. The Morgan fingerprint density at radius 1 is 0.837 bits per heavy atom. The van der Waals surface area contributed by atoms with Crippen molar-refractivity contribution in [3.8, 4) is 17.2 Å². The summed E-state index contributed by atoms with van der Waals surface area (Å²) >= 11 is 0. The number of amides is 3. The molecule has 0 fully saturated rings. The Morgan fingerprint density at radius 3 is 2.12 bits per heavy atom. The van der Waals surface area contributed by atoms with Crippen LogP contribution in [0.25, 0.3) is 0 Å². The minimum Gasteiger partial charge on any atom is -0.490 e. The number of alkyl carbamates (subject to hydrolysis) is 1. The van der Waals surface area contributed by atoms with Crippen molar-refractivity contribution in [2.45, 2.75) is 91.2 Å². The van der Waals surface area contributed by atoms with Crippen molar-refractivity contribution < 1.29 is 41.7 Å². The van der Waals surface area contributed by atoms with Crippen LogP contribution in [-0.4, -0.2) is 50.4 Å². The van der Waals surface area contributed by atoms with E-state index in [1.165, 1.54) is 32.0 Å². The molecule has 3 aromatic rings. The minimum absolute atomic E-state index is 0.0475. The number of rotatable bonds is 15. The largest absolute Gasteiger partial charge is 0.490 e. The van der Waals surface area contributed by atoms with E-state index in [-0.39, 0.29) is 35.7 Å². The molecule has 0 bridgehead atoms. The van der Waals surface area contributed by atoms with Gasteiger partial charge in [0.05, 0.1) is 23.4 Å². The Bertz CT molecular complexity index is 1720. The predicted molar refractivity (Wildman–Crippen MR) is 187 cm³/mol. The fourth-order valence-electron chi connectivity index (χ4n) is 4.62. The fourth-order valence-corrected chi connectivity index (χ4v) is 5.74. The summed E-state index contributed by atoms with van der Waals surface area (Å²) in [5.74, 6) is 0.275. The number of nitrogens with one attached hydrogen (secondary N) is 3. The van der Waals surface area contributed by atoms with Crippen molar-refractivity contribution in [2.75, 3.05) is 17.7 Å². The molecule has 3 amide bonds. The lowest BCUT2D eigenvalue weighted by Gasteiger charge is -2.22. The van der Waals surface area contributed by atoms with Crippen molar-refractivity contribution in [1.29, 1.82) is 0 Å². The highest BCUT2D eigenvalue weighted by Crippen LogP contribution is 2.34. The molecule has 0 radical (unpaired) electrons. The fraction of sp³-hybridized carbons (Fsp3) is 0.417. The summed E-state index contributed by atoms with van der Waals surface area (Å²) in [5.41, 5.74) is 1.30. The molecule has 0 heterocycles. The van der Waals surface area contributed by atoms with Gasteiger partial charge in [-0.2, -0.15) is 0 Å². The van der Waals surface area contributed by atoms with Gasteiger partial charge in [0.15, 0.2) is 21.3 Å². The summed E-state index contributed by atoms with van der Waals surface area (Å²) < 4.78 is 49.1. The van der Waals surface area contributed by atoms with Crippen LogP contribution in [0, 0.1) is 0 Å². The zero-order valence-corrected chi connectivity index (χ0v) is 30.2. The summed E-state index contributed by atoms with van der Waals surface area (Å²) in [7, 11) is -3.65. The zero-order valence-electron chi connectivity index (χ0n) is 29.3. The van der Waals surface area contributed by atoms with E-state index in [0.29, 0.717) is 40.7 Å². The van der Waals surface area contributed by atoms with Gasteiger partial charge in [0, 0.05) is 31.3 Å². The SMILES string of the molecule is CCOc1cc(C(Oc2ccc(CNC(=O)OC(C)(C)C)cc2)C(=O)NCc2cc(NC(C)=O)ccc2S(=O)(=O)CC)ccc1OC(C)C. The third-order valence-electron chi connectivity index (χ3n) is 6.73. The Kier molecular flexibility index (Phi) is 13.5. The van der Waals surface area contributed by atoms with Gasteiger partial charge in [0.1, 0.15) is 11.4 Å². The highest BCUT2D eigenvalue weighted by atomic mass is 32.2. The van der Waals surface area contributed by atoms with Crippen LogP contribution < -0.4 is 30.2 Å². The van der Waals surface area contributed by atoms with Gasteiger partial charge in [-0.1, -0.05) is 25.1 Å². The zero-order chi connectivity index (χ0) is 36.4. The van der Waals surface area contributed by atoms with Crippen molar-refractivity contribution >= 4 is 33.4 Å². The lowest BCUT2D eigenvalue weighted by Crippen LogP contribution is -2.32. The molecule has 12 nitrogen and oxygen atoms in total. The van der Waals surface area contributed by atoms with Crippen molar-refractivity contribution in [3.63, 3.8) is 0 Å². The Hall–Kier alpha value is -4.78. The van der Waals surface area contributed by atoms with Gasteiger partial charge in [-0.15, -0.1) is 0 Å². The molecule has 3 rings (SSSR count). The molecular formula is C36H47N3O9S. The maximum atomic E-state index is 13.9. The summed E-state index contributed by atoms with van der Waals surface area (Å²) in [5, 5.41) is 8.18. The molecule has 0 aliphatic carbocycles. The number of benzene rings is 3. The van der Waals surface area contributed by atoms with E-state index in [1.54, 1.807) is 63.2 Å². The first-order chi connectivity index (χ1) is 23.0. The molecule has 3 aromatic carbocycles. The van der Waals surface area contributed by atoms with Gasteiger partial charge in [-0.05, 0) is 95.1 Å². The number of carbonyl (C=O) groups excluding carboxylic acids is 3. The lowest BCUT2D eigenvalue weighted by molar-refractivity contribution is -0.128. The summed E-state index contributed by atoms with van der Waals surface area (Å²) in [6.45, 7) is 14.2. The normalized spacial score (nSPS) is 12.1. The standard InChI is InChI=1S/C36H47N3O9S/c1-9-45-31-20-26(13-17-30(31)46-23(3)4)33(47-29-15-11-25(12-16-29)21-38-35(42)48-36(6,7)8)34(41)37-22-27-19-28(39-24(5)40)14-18-32(27)49(43,44)10-2/h11-20,23,33H,9-10,21-22H2,1-8H3,(H,37,41)(H,38,42)(H,39,40). The van der Waals surface area contributed by atoms with Crippen LogP contribution in [0.4, 0.5) is 10.5 Å². The van der Waals surface area contributed by atoms with Crippen molar-refractivity contribution in [1.82, 2.24) is 10.6 Å². The highest BCUT2D eigenvalue weighted by Gasteiger charge is 2.26. The molecule has 13 heteroatoms. The second-order valence-corrected chi connectivity index (χ2v) is 14.7. The van der Waals surface area contributed by atoms with Gasteiger partial charge >= 0.3 is 6.09 Å². The third kappa shape index (κ3) is 12.0. The van der Waals surface area contributed by atoms with Gasteiger partial charge in [0.25, 0.3) is 5.91 Å². The number of hydrogen-bond acceptors (Lipinski definition) is 9. The van der Waals surface area contributed by atoms with Crippen LogP contribution >= 0.6 is 0 Å². The average molecular weight is 698 g/mol. The van der Waals surface area contributed by atoms with Crippen LogP contribution in [0.15, 0.2) is 65.6 Å². The number of anilines is 1. The van der Waals surface area contributed by atoms with Crippen molar-refractivity contribution in [2.24, 2.45) is 0 Å². The monoisotopic (exact) mass is 697 g/mol. The summed E-state index contributed by atoms with van der Waals surface area (Å²) in [6, 6.07) is 16.4. The van der Waals surface area contributed by atoms with E-state index in [1.807, 2.05) is 20.8 Å². The Balaban J connectivity index is 1.94. The van der Waals surface area contributed by atoms with Crippen LogP contribution in [0.2, 0.25) is 0 Å². The van der Waals surface area contributed by atoms with Crippen LogP contribution in [0.5, 0.6) is 17.2 Å². The number of carbonyl (C=O) groups is 3. The average Bonchev–Trinajstić information content (AvgIpc) is 3.01. The molecule has 266 valence electrons. The second-order valence-electron chi connectivity index (χ2n) is 12.4.